The third-order valence-corrected chi connectivity index (χ3v) is 5.00. The van der Waals surface area contributed by atoms with Crippen molar-refractivity contribution in [1.82, 2.24) is 5.32 Å². The Hall–Kier alpha value is -1.87. The Morgan fingerprint density at radius 2 is 1.90 bits per heavy atom. The van der Waals surface area contributed by atoms with E-state index in [9.17, 15) is 5.11 Å². The van der Waals surface area contributed by atoms with Gasteiger partial charge in [-0.1, -0.05) is 36.4 Å². The molecule has 2 atom stereocenters. The van der Waals surface area contributed by atoms with E-state index in [4.69, 9.17) is 0 Å². The fourth-order valence-electron chi connectivity index (χ4n) is 2.66. The lowest BCUT2D eigenvalue weighted by atomic mass is 9.92. The number of thioether (sulfide) groups is 1. The Bertz CT molecular complexity index is 735. The topological polar surface area (TPSA) is 32.3 Å². The Morgan fingerprint density at radius 1 is 1.15 bits per heavy atom. The lowest BCUT2D eigenvalue weighted by Crippen LogP contribution is -2.20. The summed E-state index contributed by atoms with van der Waals surface area (Å²) in [6.07, 6.45) is 5.54. The SMILES string of the molecule is Oc1cc2ccccc2cc1C1NC([C@H]2C=CC2)=CS1. The van der Waals surface area contributed by atoms with Crippen LogP contribution >= 0.6 is 11.8 Å². The van der Waals surface area contributed by atoms with Crippen molar-refractivity contribution in [2.75, 3.05) is 0 Å². The van der Waals surface area contributed by atoms with Crippen LogP contribution < -0.4 is 5.32 Å². The molecule has 2 aromatic rings. The van der Waals surface area contributed by atoms with E-state index in [0.29, 0.717) is 11.7 Å². The van der Waals surface area contributed by atoms with Gasteiger partial charge in [0.15, 0.2) is 0 Å². The molecule has 0 saturated heterocycles. The third kappa shape index (κ3) is 1.90. The van der Waals surface area contributed by atoms with Crippen LogP contribution in [-0.2, 0) is 0 Å². The molecule has 0 spiro atoms. The molecular weight excluding hydrogens is 266 g/mol. The average molecular weight is 281 g/mol. The number of nitrogens with one attached hydrogen (secondary N) is 1. The predicted molar refractivity (Wildman–Crippen MR) is 84.4 cm³/mol. The van der Waals surface area contributed by atoms with E-state index in [1.807, 2.05) is 24.3 Å². The van der Waals surface area contributed by atoms with Crippen LogP contribution in [0.4, 0.5) is 0 Å². The summed E-state index contributed by atoms with van der Waals surface area (Å²) in [5, 5.41) is 18.3. The van der Waals surface area contributed by atoms with Crippen molar-refractivity contribution in [2.24, 2.45) is 5.92 Å². The number of hydrogen-bond acceptors (Lipinski definition) is 3. The van der Waals surface area contributed by atoms with Gasteiger partial charge in [0, 0.05) is 17.2 Å². The maximum absolute atomic E-state index is 10.3. The van der Waals surface area contributed by atoms with Crippen molar-refractivity contribution in [1.29, 1.82) is 0 Å². The number of benzene rings is 2. The number of aromatic hydroxyl groups is 1. The molecule has 0 fully saturated rings. The fraction of sp³-hybridized carbons (Fsp3) is 0.176. The van der Waals surface area contributed by atoms with E-state index < -0.39 is 0 Å². The molecule has 100 valence electrons. The summed E-state index contributed by atoms with van der Waals surface area (Å²) in [6, 6.07) is 12.1. The van der Waals surface area contributed by atoms with Gasteiger partial charge < -0.3 is 10.4 Å². The first-order valence-corrected chi connectivity index (χ1v) is 7.76. The van der Waals surface area contributed by atoms with E-state index in [1.165, 1.54) is 11.1 Å². The predicted octanol–water partition coefficient (Wildman–Crippen LogP) is 4.30. The first-order valence-electron chi connectivity index (χ1n) is 6.81. The molecular formula is C17H15NOS. The highest BCUT2D eigenvalue weighted by molar-refractivity contribution is 8.02. The molecule has 3 heteroatoms. The third-order valence-electron chi connectivity index (χ3n) is 3.96. The first kappa shape index (κ1) is 11.9. The van der Waals surface area contributed by atoms with Crippen molar-refractivity contribution < 1.29 is 5.11 Å². The maximum Gasteiger partial charge on any atom is 0.122 e. The van der Waals surface area contributed by atoms with Crippen LogP contribution in [0.3, 0.4) is 0 Å². The molecule has 2 nitrogen and oxygen atoms in total. The van der Waals surface area contributed by atoms with E-state index in [2.05, 4.69) is 35.0 Å². The van der Waals surface area contributed by atoms with E-state index in [-0.39, 0.29) is 5.37 Å². The minimum absolute atomic E-state index is 0.114. The Kier molecular flexibility index (Phi) is 2.74. The zero-order chi connectivity index (χ0) is 13.5. The van der Waals surface area contributed by atoms with Crippen LogP contribution in [0.2, 0.25) is 0 Å². The number of phenols is 1. The second kappa shape index (κ2) is 4.60. The van der Waals surface area contributed by atoms with Crippen LogP contribution in [0.15, 0.2) is 59.7 Å². The van der Waals surface area contributed by atoms with Gasteiger partial charge in [-0.3, -0.25) is 0 Å². The number of hydrogen-bond donors (Lipinski definition) is 2. The van der Waals surface area contributed by atoms with Gasteiger partial charge in [-0.05, 0) is 34.7 Å². The summed E-state index contributed by atoms with van der Waals surface area (Å²) in [5.74, 6) is 0.905. The van der Waals surface area contributed by atoms with E-state index in [0.717, 1.165) is 17.4 Å². The minimum Gasteiger partial charge on any atom is -0.508 e. The molecule has 2 N–H and O–H groups in total. The second-order valence-corrected chi connectivity index (χ2v) is 6.24. The molecule has 1 heterocycles. The molecule has 20 heavy (non-hydrogen) atoms. The second-order valence-electron chi connectivity index (χ2n) is 5.26. The van der Waals surface area contributed by atoms with Gasteiger partial charge in [-0.25, -0.2) is 0 Å². The molecule has 1 aliphatic carbocycles. The maximum atomic E-state index is 10.3. The van der Waals surface area contributed by atoms with E-state index in [1.54, 1.807) is 11.8 Å². The molecule has 4 rings (SSSR count). The summed E-state index contributed by atoms with van der Waals surface area (Å²) in [7, 11) is 0. The van der Waals surface area contributed by atoms with Gasteiger partial charge in [0.25, 0.3) is 0 Å². The van der Waals surface area contributed by atoms with Crippen molar-refractivity contribution in [2.45, 2.75) is 11.8 Å². The lowest BCUT2D eigenvalue weighted by Gasteiger charge is -2.22. The first-order chi connectivity index (χ1) is 9.81. The van der Waals surface area contributed by atoms with Crippen molar-refractivity contribution >= 4 is 22.5 Å². The largest absolute Gasteiger partial charge is 0.508 e. The molecule has 0 bridgehead atoms. The highest BCUT2D eigenvalue weighted by Crippen LogP contribution is 2.42. The Morgan fingerprint density at radius 3 is 2.60 bits per heavy atom. The smallest absolute Gasteiger partial charge is 0.122 e. The number of fused-ring (bicyclic) bond motifs is 1. The zero-order valence-corrected chi connectivity index (χ0v) is 11.7. The summed E-state index contributed by atoms with van der Waals surface area (Å²) in [6.45, 7) is 0. The lowest BCUT2D eigenvalue weighted by molar-refractivity contribution is 0.466. The molecule has 2 aromatic carbocycles. The van der Waals surface area contributed by atoms with Crippen molar-refractivity contribution in [3.05, 3.63) is 65.2 Å². The van der Waals surface area contributed by atoms with Gasteiger partial charge in [0.2, 0.25) is 0 Å². The molecule has 1 unspecified atom stereocenters. The zero-order valence-electron chi connectivity index (χ0n) is 10.9. The summed E-state index contributed by atoms with van der Waals surface area (Å²) >= 11 is 1.74. The van der Waals surface area contributed by atoms with Crippen LogP contribution in [0, 0.1) is 5.92 Å². The summed E-state index contributed by atoms with van der Waals surface area (Å²) in [5.41, 5.74) is 2.23. The fourth-order valence-corrected chi connectivity index (χ4v) is 3.73. The van der Waals surface area contributed by atoms with Crippen molar-refractivity contribution in [3.8, 4) is 5.75 Å². The summed E-state index contributed by atoms with van der Waals surface area (Å²) < 4.78 is 0. The molecule has 0 radical (unpaired) electrons. The van der Waals surface area contributed by atoms with Gasteiger partial charge in [-0.2, -0.15) is 0 Å². The minimum atomic E-state index is 0.114. The van der Waals surface area contributed by atoms with Crippen LogP contribution in [-0.4, -0.2) is 5.11 Å². The normalized spacial score (nSPS) is 24.3. The molecule has 0 saturated carbocycles. The van der Waals surface area contributed by atoms with Crippen molar-refractivity contribution in [3.63, 3.8) is 0 Å². The molecule has 2 aliphatic rings. The molecule has 0 aromatic heterocycles. The Balaban J connectivity index is 1.66. The van der Waals surface area contributed by atoms with Gasteiger partial charge in [-0.15, -0.1) is 11.8 Å². The van der Waals surface area contributed by atoms with E-state index >= 15 is 0 Å². The monoisotopic (exact) mass is 281 g/mol. The van der Waals surface area contributed by atoms with Crippen LogP contribution in [0.25, 0.3) is 10.8 Å². The van der Waals surface area contributed by atoms with Crippen LogP contribution in [0.5, 0.6) is 5.75 Å². The standard InChI is InChI=1S/C17H15NOS/c19-16-9-13-5-2-1-4-12(13)8-14(16)17-18-15(10-20-17)11-6-3-7-11/h1-6,8-11,17-19H,7H2/t11-,17?/m0/s1. The highest BCUT2D eigenvalue weighted by Gasteiger charge is 2.26. The van der Waals surface area contributed by atoms with Gasteiger partial charge in [0.1, 0.15) is 11.1 Å². The summed E-state index contributed by atoms with van der Waals surface area (Å²) in [4.78, 5) is 0. The molecule has 0 amide bonds. The van der Waals surface area contributed by atoms with Crippen LogP contribution in [0.1, 0.15) is 17.4 Å². The number of rotatable bonds is 2. The quantitative estimate of drug-likeness (QED) is 0.805. The number of phenolic OH excluding ortho intramolecular Hbond substituents is 1. The Labute approximate surface area is 122 Å². The highest BCUT2D eigenvalue weighted by atomic mass is 32.2. The number of allylic oxidation sites excluding steroid dienone is 2. The van der Waals surface area contributed by atoms with Gasteiger partial charge >= 0.3 is 0 Å². The molecule has 1 aliphatic heterocycles. The average Bonchev–Trinajstić information content (AvgIpc) is 2.85. The van der Waals surface area contributed by atoms with Gasteiger partial charge in [0.05, 0.1) is 0 Å².